The van der Waals surface area contributed by atoms with E-state index in [0.29, 0.717) is 17.8 Å². The molecule has 1 atom stereocenters. The Morgan fingerprint density at radius 1 is 1.45 bits per heavy atom. The highest BCUT2D eigenvalue weighted by atomic mass is 32.1. The third kappa shape index (κ3) is 3.31. The predicted molar refractivity (Wildman–Crippen MR) is 81.6 cm³/mol. The van der Waals surface area contributed by atoms with Gasteiger partial charge in [0, 0.05) is 30.8 Å². The molecule has 1 unspecified atom stereocenters. The highest BCUT2D eigenvalue weighted by molar-refractivity contribution is 7.15. The lowest BCUT2D eigenvalue weighted by Crippen LogP contribution is -2.37. The standard InChI is InChI=1S/C14H23N3O2S/c1-5-19-9-11(10(2)3)15-8-12-13(18-4)16-14-17(12)6-7-20-14/h6-7,10-11,15H,5,8-9H2,1-4H3. The van der Waals surface area contributed by atoms with Crippen LogP contribution in [0.1, 0.15) is 26.5 Å². The van der Waals surface area contributed by atoms with Gasteiger partial charge in [-0.3, -0.25) is 4.40 Å². The molecule has 112 valence electrons. The molecule has 0 saturated heterocycles. The number of rotatable bonds is 8. The van der Waals surface area contributed by atoms with Gasteiger partial charge in [-0.05, 0) is 12.8 Å². The van der Waals surface area contributed by atoms with Gasteiger partial charge in [-0.15, -0.1) is 11.3 Å². The number of ether oxygens (including phenoxy) is 2. The van der Waals surface area contributed by atoms with Crippen LogP contribution in [0, 0.1) is 5.92 Å². The molecule has 0 saturated carbocycles. The zero-order valence-corrected chi connectivity index (χ0v) is 13.4. The summed E-state index contributed by atoms with van der Waals surface area (Å²) in [5, 5.41) is 5.58. The number of methoxy groups -OCH3 is 1. The maximum absolute atomic E-state index is 5.54. The first-order valence-electron chi connectivity index (χ1n) is 6.96. The lowest BCUT2D eigenvalue weighted by atomic mass is 10.1. The van der Waals surface area contributed by atoms with Crippen LogP contribution in [0.2, 0.25) is 0 Å². The van der Waals surface area contributed by atoms with Gasteiger partial charge in [0.1, 0.15) is 5.69 Å². The minimum atomic E-state index is 0.323. The van der Waals surface area contributed by atoms with Gasteiger partial charge in [0.15, 0.2) is 4.96 Å². The number of hydrogen-bond acceptors (Lipinski definition) is 5. The third-order valence-corrected chi connectivity index (χ3v) is 4.11. The Balaban J connectivity index is 2.08. The van der Waals surface area contributed by atoms with Crippen LogP contribution in [-0.4, -0.2) is 35.8 Å². The normalized spacial score (nSPS) is 13.2. The monoisotopic (exact) mass is 297 g/mol. The van der Waals surface area contributed by atoms with Crippen LogP contribution in [0.15, 0.2) is 11.6 Å². The second kappa shape index (κ2) is 7.06. The SMILES string of the molecule is CCOCC(NCc1c(OC)nc2sccn12)C(C)C. The lowest BCUT2D eigenvalue weighted by Gasteiger charge is -2.22. The molecule has 0 aliphatic heterocycles. The van der Waals surface area contributed by atoms with E-state index in [0.717, 1.165) is 30.4 Å². The Morgan fingerprint density at radius 3 is 2.90 bits per heavy atom. The molecular formula is C14H23N3O2S. The van der Waals surface area contributed by atoms with Gasteiger partial charge in [-0.1, -0.05) is 13.8 Å². The van der Waals surface area contributed by atoms with Crippen molar-refractivity contribution in [2.45, 2.75) is 33.4 Å². The Kier molecular flexibility index (Phi) is 5.39. The minimum absolute atomic E-state index is 0.323. The molecule has 2 aromatic heterocycles. The summed E-state index contributed by atoms with van der Waals surface area (Å²) in [5.41, 5.74) is 1.06. The van der Waals surface area contributed by atoms with Crippen molar-refractivity contribution in [3.63, 3.8) is 0 Å². The molecule has 6 heteroatoms. The van der Waals surface area contributed by atoms with E-state index in [1.54, 1.807) is 18.4 Å². The third-order valence-electron chi connectivity index (χ3n) is 3.36. The maximum Gasteiger partial charge on any atom is 0.237 e. The molecule has 2 aromatic rings. The summed E-state index contributed by atoms with van der Waals surface area (Å²) in [6.45, 7) is 8.61. The average Bonchev–Trinajstić information content (AvgIpc) is 2.99. The van der Waals surface area contributed by atoms with Crippen LogP contribution in [-0.2, 0) is 11.3 Å². The molecule has 0 fully saturated rings. The van der Waals surface area contributed by atoms with Gasteiger partial charge in [0.25, 0.3) is 0 Å². The molecule has 0 aliphatic rings. The van der Waals surface area contributed by atoms with E-state index in [4.69, 9.17) is 9.47 Å². The van der Waals surface area contributed by atoms with Gasteiger partial charge in [0.05, 0.1) is 13.7 Å². The van der Waals surface area contributed by atoms with Crippen molar-refractivity contribution in [1.29, 1.82) is 0 Å². The number of thiazole rings is 1. The first-order chi connectivity index (χ1) is 9.67. The molecule has 0 spiro atoms. The van der Waals surface area contributed by atoms with Crippen molar-refractivity contribution < 1.29 is 9.47 Å². The van der Waals surface area contributed by atoms with E-state index in [9.17, 15) is 0 Å². The summed E-state index contributed by atoms with van der Waals surface area (Å²) in [5.74, 6) is 1.21. The van der Waals surface area contributed by atoms with Crippen LogP contribution < -0.4 is 10.1 Å². The molecule has 1 N–H and O–H groups in total. The molecule has 0 aliphatic carbocycles. The van der Waals surface area contributed by atoms with E-state index >= 15 is 0 Å². The first kappa shape index (κ1) is 15.3. The smallest absolute Gasteiger partial charge is 0.237 e. The van der Waals surface area contributed by atoms with Crippen molar-refractivity contribution in [2.24, 2.45) is 5.92 Å². The van der Waals surface area contributed by atoms with Crippen LogP contribution in [0.3, 0.4) is 0 Å². The van der Waals surface area contributed by atoms with Crippen molar-refractivity contribution in [2.75, 3.05) is 20.3 Å². The van der Waals surface area contributed by atoms with Gasteiger partial charge in [0.2, 0.25) is 5.88 Å². The van der Waals surface area contributed by atoms with Crippen molar-refractivity contribution in [1.82, 2.24) is 14.7 Å². The summed E-state index contributed by atoms with van der Waals surface area (Å²) in [6, 6.07) is 0.323. The fraction of sp³-hybridized carbons (Fsp3) is 0.643. The van der Waals surface area contributed by atoms with Crippen LogP contribution in [0.5, 0.6) is 5.88 Å². The van der Waals surface area contributed by atoms with Crippen LogP contribution in [0.25, 0.3) is 4.96 Å². The first-order valence-corrected chi connectivity index (χ1v) is 7.84. The maximum atomic E-state index is 5.54. The number of aromatic nitrogens is 2. The summed E-state index contributed by atoms with van der Waals surface area (Å²) in [7, 11) is 1.66. The summed E-state index contributed by atoms with van der Waals surface area (Å²) in [6.07, 6.45) is 2.03. The lowest BCUT2D eigenvalue weighted by molar-refractivity contribution is 0.107. The summed E-state index contributed by atoms with van der Waals surface area (Å²) < 4.78 is 13.0. The Labute approximate surface area is 123 Å². The fourth-order valence-electron chi connectivity index (χ4n) is 2.10. The number of nitrogens with one attached hydrogen (secondary N) is 1. The zero-order valence-electron chi connectivity index (χ0n) is 12.5. The van der Waals surface area contributed by atoms with E-state index in [-0.39, 0.29) is 0 Å². The quantitative estimate of drug-likeness (QED) is 0.813. The Bertz CT molecular complexity index is 535. The summed E-state index contributed by atoms with van der Waals surface area (Å²) >= 11 is 1.61. The van der Waals surface area contributed by atoms with Crippen molar-refractivity contribution >= 4 is 16.3 Å². The van der Waals surface area contributed by atoms with E-state index in [2.05, 4.69) is 28.5 Å². The van der Waals surface area contributed by atoms with Crippen LogP contribution >= 0.6 is 11.3 Å². The molecule has 20 heavy (non-hydrogen) atoms. The fourth-order valence-corrected chi connectivity index (χ4v) is 2.82. The number of imidazole rings is 1. The average molecular weight is 297 g/mol. The number of fused-ring (bicyclic) bond motifs is 1. The van der Waals surface area contributed by atoms with Crippen LogP contribution in [0.4, 0.5) is 0 Å². The topological polar surface area (TPSA) is 47.8 Å². The minimum Gasteiger partial charge on any atom is -0.480 e. The van der Waals surface area contributed by atoms with E-state index < -0.39 is 0 Å². The predicted octanol–water partition coefficient (Wildman–Crippen LogP) is 2.56. The molecule has 2 rings (SSSR count). The Morgan fingerprint density at radius 2 is 2.25 bits per heavy atom. The molecule has 0 radical (unpaired) electrons. The number of nitrogens with zero attached hydrogens (tertiary/aromatic N) is 2. The highest BCUT2D eigenvalue weighted by Gasteiger charge is 2.17. The number of hydrogen-bond donors (Lipinski definition) is 1. The largest absolute Gasteiger partial charge is 0.480 e. The van der Waals surface area contributed by atoms with E-state index in [1.807, 2.05) is 18.5 Å². The van der Waals surface area contributed by atoms with Crippen molar-refractivity contribution in [3.8, 4) is 5.88 Å². The van der Waals surface area contributed by atoms with Crippen molar-refractivity contribution in [3.05, 3.63) is 17.3 Å². The second-order valence-corrected chi connectivity index (χ2v) is 5.89. The van der Waals surface area contributed by atoms with E-state index in [1.165, 1.54) is 0 Å². The molecule has 0 amide bonds. The molecule has 5 nitrogen and oxygen atoms in total. The van der Waals surface area contributed by atoms with Gasteiger partial charge in [-0.2, -0.15) is 4.98 Å². The van der Waals surface area contributed by atoms with Gasteiger partial charge in [-0.25, -0.2) is 0 Å². The highest BCUT2D eigenvalue weighted by Crippen LogP contribution is 2.23. The molecule has 0 aromatic carbocycles. The molecular weight excluding hydrogens is 274 g/mol. The molecule has 2 heterocycles. The van der Waals surface area contributed by atoms with Gasteiger partial charge < -0.3 is 14.8 Å². The zero-order chi connectivity index (χ0) is 14.5. The molecule has 0 bridgehead atoms. The Hall–Kier alpha value is -1.11. The summed E-state index contributed by atoms with van der Waals surface area (Å²) in [4.78, 5) is 5.43. The second-order valence-electron chi connectivity index (χ2n) is 5.01. The van der Waals surface area contributed by atoms with Gasteiger partial charge >= 0.3 is 0 Å².